The van der Waals surface area contributed by atoms with Gasteiger partial charge >= 0.3 is 5.63 Å². The van der Waals surface area contributed by atoms with Gasteiger partial charge in [0.2, 0.25) is 0 Å². The molecule has 3 aromatic rings. The van der Waals surface area contributed by atoms with Crippen LogP contribution in [0.2, 0.25) is 19.6 Å². The molecule has 0 radical (unpaired) electrons. The molecule has 4 heteroatoms. The average Bonchev–Trinajstić information content (AvgIpc) is 2.74. The minimum Gasteiger partial charge on any atom is -0.466 e. The Morgan fingerprint density at radius 2 is 1.63 bits per heavy atom. The third-order valence-corrected chi connectivity index (χ3v) is 5.08. The van der Waals surface area contributed by atoms with Crippen molar-refractivity contribution in [2.45, 2.75) is 26.6 Å². The smallest absolute Gasteiger partial charge is 0.336 e. The quantitative estimate of drug-likeness (QED) is 0.504. The maximum Gasteiger partial charge on any atom is 0.336 e. The zero-order valence-electron chi connectivity index (χ0n) is 11.5. The summed E-state index contributed by atoms with van der Waals surface area (Å²) < 4.78 is 11.3. The summed E-state index contributed by atoms with van der Waals surface area (Å²) in [6.07, 6.45) is 0. The van der Waals surface area contributed by atoms with Crippen LogP contribution in [0.5, 0.6) is 0 Å². The summed E-state index contributed by atoms with van der Waals surface area (Å²) in [5.74, 6) is 0. The Kier molecular flexibility index (Phi) is 2.47. The third-order valence-electron chi connectivity index (χ3n) is 3.36. The molecule has 3 rings (SSSR count). The van der Waals surface area contributed by atoms with Crippen LogP contribution in [0.1, 0.15) is 5.56 Å². The second-order valence-corrected chi connectivity index (χ2v) is 10.9. The molecule has 0 amide bonds. The van der Waals surface area contributed by atoms with E-state index in [-0.39, 0.29) is 5.63 Å². The van der Waals surface area contributed by atoms with Crippen molar-refractivity contribution in [1.29, 1.82) is 0 Å². The first-order chi connectivity index (χ1) is 8.86. The average molecular weight is 272 g/mol. The van der Waals surface area contributed by atoms with E-state index in [1.807, 2.05) is 13.0 Å². The molecule has 2 heterocycles. The SMILES string of the molecule is Cc1c2oc([Si](C)(C)C)cc2cc2ccc(=O)oc12. The fraction of sp³-hybridized carbons (Fsp3) is 0.267. The van der Waals surface area contributed by atoms with Crippen molar-refractivity contribution in [3.05, 3.63) is 40.2 Å². The second kappa shape index (κ2) is 3.84. The Labute approximate surface area is 111 Å². The lowest BCUT2D eigenvalue weighted by atomic mass is 10.1. The number of hydrogen-bond acceptors (Lipinski definition) is 3. The summed E-state index contributed by atoms with van der Waals surface area (Å²) in [4.78, 5) is 11.3. The van der Waals surface area contributed by atoms with Crippen LogP contribution in [0.4, 0.5) is 0 Å². The van der Waals surface area contributed by atoms with Crippen LogP contribution in [0.25, 0.3) is 21.9 Å². The van der Waals surface area contributed by atoms with Gasteiger partial charge in [-0.25, -0.2) is 4.79 Å². The summed E-state index contributed by atoms with van der Waals surface area (Å²) >= 11 is 0. The Hall–Kier alpha value is -1.81. The van der Waals surface area contributed by atoms with Crippen molar-refractivity contribution < 1.29 is 8.83 Å². The first-order valence-corrected chi connectivity index (χ1v) is 9.84. The standard InChI is InChI=1S/C15H16O3Si/c1-9-14-10(5-6-12(16)17-14)7-11-8-13(18-15(9)11)19(2,3)4/h5-8H,1-4H3. The van der Waals surface area contributed by atoms with Crippen molar-refractivity contribution in [2.75, 3.05) is 0 Å². The van der Waals surface area contributed by atoms with E-state index < -0.39 is 8.07 Å². The van der Waals surface area contributed by atoms with Gasteiger partial charge in [0.05, 0.1) is 5.38 Å². The van der Waals surface area contributed by atoms with Crippen LogP contribution >= 0.6 is 0 Å². The molecule has 0 atom stereocenters. The minimum absolute atomic E-state index is 0.327. The lowest BCUT2D eigenvalue weighted by molar-refractivity contribution is 0.557. The molecule has 0 aliphatic carbocycles. The molecule has 0 saturated heterocycles. The molecule has 0 N–H and O–H groups in total. The summed E-state index contributed by atoms with van der Waals surface area (Å²) in [5.41, 5.74) is 2.03. The number of hydrogen-bond donors (Lipinski definition) is 0. The van der Waals surface area contributed by atoms with Crippen molar-refractivity contribution in [2.24, 2.45) is 0 Å². The summed E-state index contributed by atoms with van der Waals surface area (Å²) in [6, 6.07) is 7.40. The molecule has 0 spiro atoms. The van der Waals surface area contributed by atoms with Gasteiger partial charge in [-0.05, 0) is 25.1 Å². The minimum atomic E-state index is -1.48. The van der Waals surface area contributed by atoms with Gasteiger partial charge in [-0.15, -0.1) is 0 Å². The van der Waals surface area contributed by atoms with Gasteiger partial charge in [0.1, 0.15) is 19.2 Å². The Bertz CT molecular complexity index is 834. The number of aryl methyl sites for hydroxylation is 1. The molecule has 2 aromatic heterocycles. The molecular formula is C15H16O3Si. The molecule has 0 aliphatic rings. The highest BCUT2D eigenvalue weighted by Crippen LogP contribution is 2.27. The van der Waals surface area contributed by atoms with Crippen LogP contribution in [0.15, 0.2) is 37.9 Å². The predicted molar refractivity (Wildman–Crippen MR) is 80.0 cm³/mol. The van der Waals surface area contributed by atoms with Crippen LogP contribution in [-0.2, 0) is 0 Å². The van der Waals surface area contributed by atoms with Gasteiger partial charge in [-0.2, -0.15) is 0 Å². The van der Waals surface area contributed by atoms with Crippen LogP contribution in [0.3, 0.4) is 0 Å². The van der Waals surface area contributed by atoms with Gasteiger partial charge in [0.15, 0.2) is 0 Å². The molecule has 0 aliphatic heterocycles. The summed E-state index contributed by atoms with van der Waals surface area (Å²) in [6.45, 7) is 8.69. The number of rotatable bonds is 1. The van der Waals surface area contributed by atoms with E-state index in [0.29, 0.717) is 5.58 Å². The molecule has 0 bridgehead atoms. The van der Waals surface area contributed by atoms with Crippen molar-refractivity contribution in [3.8, 4) is 0 Å². The van der Waals surface area contributed by atoms with E-state index in [0.717, 1.165) is 27.3 Å². The molecule has 0 fully saturated rings. The van der Waals surface area contributed by atoms with E-state index in [9.17, 15) is 4.79 Å². The number of fused-ring (bicyclic) bond motifs is 2. The van der Waals surface area contributed by atoms with Gasteiger partial charge < -0.3 is 8.83 Å². The lowest BCUT2D eigenvalue weighted by Crippen LogP contribution is -2.36. The predicted octanol–water partition coefficient (Wildman–Crippen LogP) is 3.39. The van der Waals surface area contributed by atoms with E-state index in [1.54, 1.807) is 6.07 Å². The highest BCUT2D eigenvalue weighted by atomic mass is 28.3. The second-order valence-electron chi connectivity index (χ2n) is 5.95. The highest BCUT2D eigenvalue weighted by molar-refractivity contribution is 6.87. The highest BCUT2D eigenvalue weighted by Gasteiger charge is 2.22. The van der Waals surface area contributed by atoms with E-state index in [2.05, 4.69) is 25.7 Å². The molecule has 1 aromatic carbocycles. The Balaban J connectivity index is 2.43. The maximum atomic E-state index is 11.3. The first kappa shape index (κ1) is 12.2. The molecule has 98 valence electrons. The topological polar surface area (TPSA) is 43.4 Å². The van der Waals surface area contributed by atoms with Crippen LogP contribution in [-0.4, -0.2) is 8.07 Å². The van der Waals surface area contributed by atoms with Gasteiger partial charge in [0, 0.05) is 22.4 Å². The Morgan fingerprint density at radius 3 is 2.32 bits per heavy atom. The van der Waals surface area contributed by atoms with Gasteiger partial charge in [-0.3, -0.25) is 0 Å². The van der Waals surface area contributed by atoms with E-state index >= 15 is 0 Å². The number of furan rings is 1. The van der Waals surface area contributed by atoms with E-state index in [1.165, 1.54) is 6.07 Å². The fourth-order valence-corrected chi connectivity index (χ4v) is 3.28. The summed E-state index contributed by atoms with van der Waals surface area (Å²) in [7, 11) is -1.48. The number of benzene rings is 1. The molecule has 0 unspecified atom stereocenters. The zero-order valence-corrected chi connectivity index (χ0v) is 12.5. The van der Waals surface area contributed by atoms with Crippen LogP contribution < -0.4 is 11.0 Å². The van der Waals surface area contributed by atoms with Crippen molar-refractivity contribution in [3.63, 3.8) is 0 Å². The lowest BCUT2D eigenvalue weighted by Gasteiger charge is -2.10. The van der Waals surface area contributed by atoms with Crippen LogP contribution in [0, 0.1) is 6.92 Å². The first-order valence-electron chi connectivity index (χ1n) is 6.34. The zero-order chi connectivity index (χ0) is 13.8. The molecular weight excluding hydrogens is 256 g/mol. The van der Waals surface area contributed by atoms with Gasteiger partial charge in [0.25, 0.3) is 0 Å². The summed E-state index contributed by atoms with van der Waals surface area (Å²) in [5, 5.41) is 3.09. The normalized spacial score (nSPS) is 12.4. The molecule has 0 saturated carbocycles. The van der Waals surface area contributed by atoms with E-state index in [4.69, 9.17) is 8.83 Å². The molecule has 19 heavy (non-hydrogen) atoms. The van der Waals surface area contributed by atoms with Gasteiger partial charge in [-0.1, -0.05) is 19.6 Å². The van der Waals surface area contributed by atoms with Crippen molar-refractivity contribution >= 4 is 35.4 Å². The largest absolute Gasteiger partial charge is 0.466 e. The monoisotopic (exact) mass is 272 g/mol. The van der Waals surface area contributed by atoms with Crippen molar-refractivity contribution in [1.82, 2.24) is 0 Å². The molecule has 3 nitrogen and oxygen atoms in total. The third kappa shape index (κ3) is 1.92. The Morgan fingerprint density at radius 1 is 0.947 bits per heavy atom. The maximum absolute atomic E-state index is 11.3. The fourth-order valence-electron chi connectivity index (χ4n) is 2.28.